The Balaban J connectivity index is 1.62. The number of halogens is 2. The first kappa shape index (κ1) is 19.2. The average molecular weight is 420 g/mol. The summed E-state index contributed by atoms with van der Waals surface area (Å²) in [7, 11) is 0. The van der Waals surface area contributed by atoms with Crippen LogP contribution in [0.5, 0.6) is 0 Å². The summed E-state index contributed by atoms with van der Waals surface area (Å²) >= 11 is 12.6. The molecule has 1 saturated heterocycles. The summed E-state index contributed by atoms with van der Waals surface area (Å²) in [6.45, 7) is 2.13. The van der Waals surface area contributed by atoms with E-state index < -0.39 is 0 Å². The number of nitrogens with zero attached hydrogens (tertiary/aromatic N) is 2. The summed E-state index contributed by atoms with van der Waals surface area (Å²) in [5.41, 5.74) is 2.31. The smallest absolute Gasteiger partial charge is 0.240 e. The highest BCUT2D eigenvalue weighted by Crippen LogP contribution is 2.34. The van der Waals surface area contributed by atoms with Gasteiger partial charge in [0.05, 0.1) is 47.0 Å². The molecule has 28 heavy (non-hydrogen) atoms. The molecule has 1 aliphatic heterocycles. The summed E-state index contributed by atoms with van der Waals surface area (Å²) in [6.07, 6.45) is -0.126. The predicted octanol–water partition coefficient (Wildman–Crippen LogP) is 3.54. The highest BCUT2D eigenvalue weighted by molar-refractivity contribution is 6.43. The van der Waals surface area contributed by atoms with Crippen LogP contribution in [0, 0.1) is 0 Å². The molecular formula is C20H19Cl2N3O3. The van der Waals surface area contributed by atoms with Crippen molar-refractivity contribution in [3.8, 4) is 11.4 Å². The number of carbonyl (C=O) groups excluding carboxylic acids is 1. The third-order valence-electron chi connectivity index (χ3n) is 4.56. The second-order valence-corrected chi connectivity index (χ2v) is 7.27. The number of hydrogen-bond donors (Lipinski definition) is 1. The molecule has 0 spiro atoms. The normalized spacial score (nSPS) is 17.0. The van der Waals surface area contributed by atoms with Crippen molar-refractivity contribution in [3.05, 3.63) is 52.5 Å². The first-order chi connectivity index (χ1) is 13.6. The van der Waals surface area contributed by atoms with Gasteiger partial charge in [-0.15, -0.1) is 0 Å². The van der Waals surface area contributed by atoms with E-state index >= 15 is 0 Å². The van der Waals surface area contributed by atoms with E-state index in [1.165, 1.54) is 0 Å². The Bertz CT molecular complexity index is 1000. The third kappa shape index (κ3) is 4.00. The van der Waals surface area contributed by atoms with Gasteiger partial charge in [0.15, 0.2) is 0 Å². The molecule has 6 nitrogen and oxygen atoms in total. The van der Waals surface area contributed by atoms with Crippen molar-refractivity contribution >= 4 is 40.1 Å². The minimum absolute atomic E-state index is 0.103. The molecule has 0 aliphatic carbocycles. The van der Waals surface area contributed by atoms with Crippen molar-refractivity contribution in [1.82, 2.24) is 14.9 Å². The lowest BCUT2D eigenvalue weighted by Gasteiger charge is -2.23. The van der Waals surface area contributed by atoms with E-state index in [2.05, 4.69) is 10.3 Å². The van der Waals surface area contributed by atoms with Crippen LogP contribution in [0.3, 0.4) is 0 Å². The Morgan fingerprint density at radius 1 is 1.18 bits per heavy atom. The number of benzene rings is 2. The molecule has 3 aromatic rings. The van der Waals surface area contributed by atoms with Gasteiger partial charge in [-0.05, 0) is 24.3 Å². The number of amides is 1. The first-order valence-electron chi connectivity index (χ1n) is 8.99. The monoisotopic (exact) mass is 419 g/mol. The lowest BCUT2D eigenvalue weighted by Crippen LogP contribution is -2.40. The fraction of sp³-hybridized carbons (Fsp3) is 0.300. The van der Waals surface area contributed by atoms with Gasteiger partial charge in [0.1, 0.15) is 12.4 Å². The molecule has 0 saturated carbocycles. The van der Waals surface area contributed by atoms with Crippen LogP contribution in [0.4, 0.5) is 0 Å². The van der Waals surface area contributed by atoms with Gasteiger partial charge in [-0.2, -0.15) is 0 Å². The second-order valence-electron chi connectivity index (χ2n) is 6.48. The van der Waals surface area contributed by atoms with E-state index in [-0.39, 0.29) is 18.6 Å². The Morgan fingerprint density at radius 2 is 2.04 bits per heavy atom. The van der Waals surface area contributed by atoms with Gasteiger partial charge in [0.25, 0.3) is 0 Å². The van der Waals surface area contributed by atoms with E-state index in [4.69, 9.17) is 32.7 Å². The number of rotatable bonds is 5. The van der Waals surface area contributed by atoms with Crippen molar-refractivity contribution < 1.29 is 14.3 Å². The number of hydrogen-bond acceptors (Lipinski definition) is 4. The lowest BCUT2D eigenvalue weighted by atomic mass is 10.2. The van der Waals surface area contributed by atoms with Crippen LogP contribution >= 0.6 is 23.2 Å². The number of nitrogens with one attached hydrogen (secondary N) is 1. The predicted molar refractivity (Wildman–Crippen MR) is 109 cm³/mol. The van der Waals surface area contributed by atoms with E-state index in [0.29, 0.717) is 47.8 Å². The lowest BCUT2D eigenvalue weighted by molar-refractivity contribution is -0.124. The minimum Gasteiger partial charge on any atom is -0.376 e. The minimum atomic E-state index is -0.142. The van der Waals surface area contributed by atoms with Crippen molar-refractivity contribution in [1.29, 1.82) is 0 Å². The molecule has 0 bridgehead atoms. The molecule has 1 aliphatic rings. The average Bonchev–Trinajstić information content (AvgIpc) is 3.07. The van der Waals surface area contributed by atoms with Gasteiger partial charge in [-0.25, -0.2) is 4.98 Å². The van der Waals surface area contributed by atoms with E-state index in [1.807, 2.05) is 41.0 Å². The van der Waals surface area contributed by atoms with Crippen LogP contribution in [-0.4, -0.2) is 47.9 Å². The summed E-state index contributed by atoms with van der Waals surface area (Å²) in [5.74, 6) is 0.456. The topological polar surface area (TPSA) is 65.4 Å². The van der Waals surface area contributed by atoms with Gasteiger partial charge in [-0.3, -0.25) is 4.79 Å². The Labute approximate surface area is 172 Å². The molecule has 1 fully saturated rings. The molecule has 1 atom stereocenters. The maximum atomic E-state index is 12.6. The zero-order valence-corrected chi connectivity index (χ0v) is 16.5. The van der Waals surface area contributed by atoms with Crippen molar-refractivity contribution in [2.24, 2.45) is 0 Å². The zero-order chi connectivity index (χ0) is 19.5. The molecule has 4 rings (SSSR count). The zero-order valence-electron chi connectivity index (χ0n) is 15.0. The highest BCUT2D eigenvalue weighted by Gasteiger charge is 2.19. The molecule has 0 unspecified atom stereocenters. The fourth-order valence-corrected chi connectivity index (χ4v) is 3.58. The fourth-order valence-electron chi connectivity index (χ4n) is 3.20. The number of carbonyl (C=O) groups is 1. The quantitative estimate of drug-likeness (QED) is 0.686. The van der Waals surface area contributed by atoms with Crippen LogP contribution < -0.4 is 5.32 Å². The van der Waals surface area contributed by atoms with Crippen molar-refractivity contribution in [2.75, 3.05) is 26.4 Å². The Hall–Kier alpha value is -2.12. The van der Waals surface area contributed by atoms with Crippen molar-refractivity contribution in [2.45, 2.75) is 12.6 Å². The van der Waals surface area contributed by atoms with E-state index in [9.17, 15) is 4.79 Å². The highest BCUT2D eigenvalue weighted by atomic mass is 35.5. The summed E-state index contributed by atoms with van der Waals surface area (Å²) in [4.78, 5) is 17.3. The van der Waals surface area contributed by atoms with Gasteiger partial charge < -0.3 is 19.4 Å². The first-order valence-corrected chi connectivity index (χ1v) is 9.75. The van der Waals surface area contributed by atoms with Crippen LogP contribution in [-0.2, 0) is 20.8 Å². The van der Waals surface area contributed by atoms with Gasteiger partial charge in [0.2, 0.25) is 5.91 Å². The van der Waals surface area contributed by atoms with Gasteiger partial charge in [-0.1, -0.05) is 41.4 Å². The molecule has 2 heterocycles. The number of para-hydroxylation sites is 2. The maximum absolute atomic E-state index is 12.6. The van der Waals surface area contributed by atoms with E-state index in [1.54, 1.807) is 6.07 Å². The number of fused-ring (bicyclic) bond motifs is 1. The standard InChI is InChI=1S/C20H19Cl2N3O3/c21-15-5-3-4-14(19(15)22)20-24-16-6-1-2-7-17(16)25(20)11-18(26)23-10-13-12-27-8-9-28-13/h1-7,13H,8-12H2,(H,23,26)/t13-/m0/s1. The number of aromatic nitrogens is 2. The molecule has 146 valence electrons. The SMILES string of the molecule is O=C(Cn1c(-c2cccc(Cl)c2Cl)nc2ccccc21)NC[C@H]1COCCO1. The molecule has 8 heteroatoms. The molecule has 0 radical (unpaired) electrons. The molecule has 1 amide bonds. The van der Waals surface area contributed by atoms with Crippen LogP contribution in [0.15, 0.2) is 42.5 Å². The summed E-state index contributed by atoms with van der Waals surface area (Å²) in [6, 6.07) is 13.0. The number of ether oxygens (including phenoxy) is 2. The van der Waals surface area contributed by atoms with Crippen LogP contribution in [0.1, 0.15) is 0 Å². The summed E-state index contributed by atoms with van der Waals surface area (Å²) < 4.78 is 12.8. The Kier molecular flexibility index (Phi) is 5.82. The molecule has 1 N–H and O–H groups in total. The molecule has 2 aromatic carbocycles. The molecule has 1 aromatic heterocycles. The summed E-state index contributed by atoms with van der Waals surface area (Å²) in [5, 5.41) is 3.76. The largest absolute Gasteiger partial charge is 0.376 e. The second kappa shape index (κ2) is 8.49. The van der Waals surface area contributed by atoms with Crippen LogP contribution in [0.25, 0.3) is 22.4 Å². The van der Waals surface area contributed by atoms with E-state index in [0.717, 1.165) is 11.0 Å². The van der Waals surface area contributed by atoms with Crippen molar-refractivity contribution in [3.63, 3.8) is 0 Å². The molecular weight excluding hydrogens is 401 g/mol. The van der Waals surface area contributed by atoms with Gasteiger partial charge >= 0.3 is 0 Å². The Morgan fingerprint density at radius 3 is 2.86 bits per heavy atom. The maximum Gasteiger partial charge on any atom is 0.240 e. The van der Waals surface area contributed by atoms with Crippen LogP contribution in [0.2, 0.25) is 10.0 Å². The third-order valence-corrected chi connectivity index (χ3v) is 5.38. The number of imidazole rings is 1. The van der Waals surface area contributed by atoms with Gasteiger partial charge in [0, 0.05) is 12.1 Å².